The summed E-state index contributed by atoms with van der Waals surface area (Å²) in [5, 5.41) is 0. The zero-order valence-corrected chi connectivity index (χ0v) is 15.9. The third-order valence-corrected chi connectivity index (χ3v) is 7.14. The summed E-state index contributed by atoms with van der Waals surface area (Å²) in [6, 6.07) is 0.0649. The van der Waals surface area contributed by atoms with Crippen molar-refractivity contribution in [3.8, 4) is 0 Å². The van der Waals surface area contributed by atoms with E-state index in [1.165, 1.54) is 0 Å². The number of hydrogen-bond donors (Lipinski definition) is 1. The lowest BCUT2D eigenvalue weighted by atomic mass is 10.0. The number of hydrogen-bond acceptors (Lipinski definition) is 6. The van der Waals surface area contributed by atoms with Crippen molar-refractivity contribution in [2.24, 2.45) is 0 Å². The van der Waals surface area contributed by atoms with Gasteiger partial charge in [0, 0.05) is 62.5 Å². The van der Waals surface area contributed by atoms with Crippen LogP contribution < -0.4 is 0 Å². The molecule has 2 aliphatic heterocycles. The van der Waals surface area contributed by atoms with Crippen LogP contribution in [0.15, 0.2) is 24.9 Å². The summed E-state index contributed by atoms with van der Waals surface area (Å²) in [6.07, 6.45) is 8.38. The van der Waals surface area contributed by atoms with E-state index in [1.54, 1.807) is 6.33 Å². The molecule has 9 heteroatoms. The second kappa shape index (κ2) is 7.13. The largest absolute Gasteiger partial charge is 0.347 e. The van der Waals surface area contributed by atoms with Crippen LogP contribution in [0.4, 0.5) is 0 Å². The minimum Gasteiger partial charge on any atom is -0.347 e. The fourth-order valence-corrected chi connectivity index (χ4v) is 6.24. The fourth-order valence-electron chi connectivity index (χ4n) is 4.20. The van der Waals surface area contributed by atoms with E-state index in [1.807, 2.05) is 18.6 Å². The molecule has 26 heavy (non-hydrogen) atoms. The van der Waals surface area contributed by atoms with Crippen LogP contribution in [0.3, 0.4) is 0 Å². The van der Waals surface area contributed by atoms with Gasteiger partial charge in [-0.3, -0.25) is 9.80 Å². The van der Waals surface area contributed by atoms with E-state index < -0.39 is 9.84 Å². The number of aromatic nitrogens is 4. The number of nitrogens with one attached hydrogen (secondary N) is 1. The molecule has 2 aromatic rings. The van der Waals surface area contributed by atoms with E-state index in [4.69, 9.17) is 0 Å². The Bertz CT molecular complexity index is 831. The summed E-state index contributed by atoms with van der Waals surface area (Å²) in [4.78, 5) is 16.3. The van der Waals surface area contributed by atoms with Crippen molar-refractivity contribution in [2.75, 3.05) is 24.6 Å². The molecule has 0 bridgehead atoms. The van der Waals surface area contributed by atoms with Gasteiger partial charge in [-0.25, -0.2) is 18.4 Å². The maximum absolute atomic E-state index is 12.4. The molecule has 1 N–H and O–H groups in total. The maximum atomic E-state index is 12.4. The second-order valence-corrected chi connectivity index (χ2v) is 9.42. The van der Waals surface area contributed by atoms with Crippen LogP contribution >= 0.6 is 0 Å². The first-order valence-electron chi connectivity index (χ1n) is 9.21. The lowest BCUT2D eigenvalue weighted by molar-refractivity contribution is 0.0327. The molecule has 4 heterocycles. The van der Waals surface area contributed by atoms with Gasteiger partial charge in [0.2, 0.25) is 0 Å². The topological polar surface area (TPSA) is 87.1 Å². The molecule has 2 saturated heterocycles. The Labute approximate surface area is 154 Å². The number of fused-ring (bicyclic) bond motifs is 1. The van der Waals surface area contributed by atoms with Gasteiger partial charge in [0.05, 0.1) is 24.4 Å². The molecule has 0 radical (unpaired) electrons. The molecule has 2 atom stereocenters. The number of aromatic amines is 1. The monoisotopic (exact) mass is 378 g/mol. The highest BCUT2D eigenvalue weighted by Crippen LogP contribution is 2.29. The van der Waals surface area contributed by atoms with E-state index in [0.29, 0.717) is 6.54 Å². The Kier molecular flexibility index (Phi) is 4.85. The van der Waals surface area contributed by atoms with Crippen molar-refractivity contribution in [1.82, 2.24) is 29.3 Å². The molecule has 8 nitrogen and oxygen atoms in total. The van der Waals surface area contributed by atoms with Gasteiger partial charge in [0.25, 0.3) is 0 Å². The van der Waals surface area contributed by atoms with Crippen LogP contribution in [0.5, 0.6) is 0 Å². The molecule has 142 valence electrons. The third-order valence-electron chi connectivity index (χ3n) is 5.45. The first-order valence-corrected chi connectivity index (χ1v) is 11.0. The Morgan fingerprint density at radius 2 is 1.92 bits per heavy atom. The van der Waals surface area contributed by atoms with Crippen molar-refractivity contribution in [1.29, 1.82) is 0 Å². The summed E-state index contributed by atoms with van der Waals surface area (Å²) in [7, 11) is -3.01. The predicted molar refractivity (Wildman–Crippen MR) is 98.2 cm³/mol. The molecular formula is C17H26N6O2S. The lowest BCUT2D eigenvalue weighted by Crippen LogP contribution is -2.58. The van der Waals surface area contributed by atoms with Crippen molar-refractivity contribution < 1.29 is 8.42 Å². The zero-order valence-electron chi connectivity index (χ0n) is 15.1. The summed E-state index contributed by atoms with van der Waals surface area (Å²) >= 11 is 0. The summed E-state index contributed by atoms with van der Waals surface area (Å²) in [5.41, 5.74) is 1.03. The minimum atomic E-state index is -3.01. The average molecular weight is 379 g/mol. The lowest BCUT2D eigenvalue weighted by Gasteiger charge is -2.43. The average Bonchev–Trinajstić information content (AvgIpc) is 3.31. The van der Waals surface area contributed by atoms with E-state index in [2.05, 4.69) is 36.2 Å². The zero-order chi connectivity index (χ0) is 18.1. The highest BCUT2D eigenvalue weighted by atomic mass is 32.2. The normalized spacial score (nSPS) is 26.2. The summed E-state index contributed by atoms with van der Waals surface area (Å²) < 4.78 is 26.9. The molecule has 0 unspecified atom stereocenters. The van der Waals surface area contributed by atoms with Crippen LogP contribution in [-0.2, 0) is 29.5 Å². The van der Waals surface area contributed by atoms with Gasteiger partial charge in [0.15, 0.2) is 9.84 Å². The summed E-state index contributed by atoms with van der Waals surface area (Å²) in [5.74, 6) is 1.51. The molecule has 2 fully saturated rings. The first kappa shape index (κ1) is 17.7. The van der Waals surface area contributed by atoms with Gasteiger partial charge < -0.3 is 9.55 Å². The molecule has 0 saturated carbocycles. The number of rotatable bonds is 6. The summed E-state index contributed by atoms with van der Waals surface area (Å²) in [6.45, 7) is 6.23. The van der Waals surface area contributed by atoms with Crippen LogP contribution in [0.2, 0.25) is 0 Å². The smallest absolute Gasteiger partial charge is 0.153 e. The third kappa shape index (κ3) is 3.56. The van der Waals surface area contributed by atoms with Crippen molar-refractivity contribution >= 4 is 9.84 Å². The van der Waals surface area contributed by atoms with Crippen LogP contribution in [-0.4, -0.2) is 74.4 Å². The number of H-pyrrole nitrogens is 1. The number of imidazole rings is 2. The fraction of sp³-hybridized carbons (Fsp3) is 0.647. The highest BCUT2D eigenvalue weighted by molar-refractivity contribution is 7.91. The molecular weight excluding hydrogens is 352 g/mol. The SMILES string of the molecule is CCCn1ccnc1CN1CCN(Cc2cnc[nH]2)[C@H]2CS(=O)(=O)C[C@H]21. The number of piperazine rings is 1. The molecule has 0 spiro atoms. The van der Waals surface area contributed by atoms with Crippen LogP contribution in [0, 0.1) is 0 Å². The maximum Gasteiger partial charge on any atom is 0.153 e. The highest BCUT2D eigenvalue weighted by Gasteiger charge is 2.46. The minimum absolute atomic E-state index is 0.0310. The van der Waals surface area contributed by atoms with Crippen molar-refractivity contribution in [2.45, 2.75) is 45.1 Å². The molecule has 2 aromatic heterocycles. The Balaban J connectivity index is 1.52. The van der Waals surface area contributed by atoms with Gasteiger partial charge in [-0.2, -0.15) is 0 Å². The predicted octanol–water partition coefficient (Wildman–Crippen LogP) is 0.500. The van der Waals surface area contributed by atoms with E-state index in [-0.39, 0.29) is 23.6 Å². The van der Waals surface area contributed by atoms with Crippen molar-refractivity contribution in [3.63, 3.8) is 0 Å². The molecule has 0 amide bonds. The Morgan fingerprint density at radius 1 is 1.19 bits per heavy atom. The first-order chi connectivity index (χ1) is 12.6. The molecule has 2 aliphatic rings. The Morgan fingerprint density at radius 3 is 2.58 bits per heavy atom. The van der Waals surface area contributed by atoms with Crippen LogP contribution in [0.25, 0.3) is 0 Å². The molecule has 0 aromatic carbocycles. The van der Waals surface area contributed by atoms with Gasteiger partial charge >= 0.3 is 0 Å². The number of aryl methyl sites for hydroxylation is 1. The van der Waals surface area contributed by atoms with E-state index >= 15 is 0 Å². The Hall–Kier alpha value is -1.71. The number of sulfone groups is 1. The van der Waals surface area contributed by atoms with Crippen molar-refractivity contribution in [3.05, 3.63) is 36.4 Å². The molecule has 0 aliphatic carbocycles. The van der Waals surface area contributed by atoms with E-state index in [0.717, 1.165) is 44.1 Å². The van der Waals surface area contributed by atoms with Gasteiger partial charge in [-0.1, -0.05) is 6.92 Å². The van der Waals surface area contributed by atoms with Crippen LogP contribution in [0.1, 0.15) is 24.9 Å². The quantitative estimate of drug-likeness (QED) is 0.788. The number of nitrogens with zero attached hydrogens (tertiary/aromatic N) is 5. The second-order valence-electron chi connectivity index (χ2n) is 7.27. The van der Waals surface area contributed by atoms with Gasteiger partial charge in [-0.05, 0) is 6.42 Å². The standard InChI is InChI=1S/C17H26N6O2S/c1-2-4-21-5-3-19-17(21)10-23-7-6-22(9-14-8-18-13-20-14)15-11-26(24,25)12-16(15)23/h3,5,8,13,15-16H,2,4,6-7,9-12H2,1H3,(H,18,20)/t15-,16+/m0/s1. The van der Waals surface area contributed by atoms with Gasteiger partial charge in [0.1, 0.15) is 5.82 Å². The molecule has 4 rings (SSSR count). The van der Waals surface area contributed by atoms with E-state index in [9.17, 15) is 8.42 Å². The van der Waals surface area contributed by atoms with Gasteiger partial charge in [-0.15, -0.1) is 0 Å².